The lowest BCUT2D eigenvalue weighted by Crippen LogP contribution is -1.86. The van der Waals surface area contributed by atoms with Crippen LogP contribution in [0, 0.1) is 27.7 Å². The average Bonchev–Trinajstić information content (AvgIpc) is 2.61. The smallest absolute Gasteiger partial charge is 0.0659 e. The third-order valence-corrected chi connectivity index (χ3v) is 4.35. The fraction of sp³-hybridized carbons (Fsp3) is 0.167. The molecule has 0 bridgehead atoms. The predicted octanol–water partition coefficient (Wildman–Crippen LogP) is 6.42. The summed E-state index contributed by atoms with van der Waals surface area (Å²) in [5, 5.41) is 0. The fourth-order valence-electron chi connectivity index (χ4n) is 2.86. The maximum atomic E-state index is 4.60. The third-order valence-electron chi connectivity index (χ3n) is 4.35. The number of aliphatic imine (C=N–C) groups is 2. The van der Waals surface area contributed by atoms with E-state index >= 15 is 0 Å². The van der Waals surface area contributed by atoms with E-state index in [1.807, 2.05) is 12.4 Å². The average molecular weight is 340 g/mol. The Morgan fingerprint density at radius 3 is 1.27 bits per heavy atom. The summed E-state index contributed by atoms with van der Waals surface area (Å²) in [7, 11) is 0. The first-order valence-electron chi connectivity index (χ1n) is 8.84. The maximum absolute atomic E-state index is 4.60. The Labute approximate surface area is 156 Å². The molecular formula is C24H24N2. The van der Waals surface area contributed by atoms with Crippen LogP contribution in [0.15, 0.2) is 70.6 Å². The lowest BCUT2D eigenvalue weighted by molar-refractivity contribution is 1.35. The van der Waals surface area contributed by atoms with Crippen LogP contribution in [0.1, 0.15) is 33.4 Å². The molecule has 0 radical (unpaired) electrons. The fourth-order valence-corrected chi connectivity index (χ4v) is 2.86. The van der Waals surface area contributed by atoms with Crippen molar-refractivity contribution in [3.05, 3.63) is 94.0 Å². The van der Waals surface area contributed by atoms with Crippen LogP contribution in [0.3, 0.4) is 0 Å². The Bertz CT molecular complexity index is 884. The molecule has 0 aromatic heterocycles. The summed E-state index contributed by atoms with van der Waals surface area (Å²) >= 11 is 0. The van der Waals surface area contributed by atoms with Crippen LogP contribution in [0.2, 0.25) is 0 Å². The van der Waals surface area contributed by atoms with E-state index in [-0.39, 0.29) is 0 Å². The van der Waals surface area contributed by atoms with E-state index in [0.29, 0.717) is 0 Å². The van der Waals surface area contributed by atoms with Gasteiger partial charge in [-0.15, -0.1) is 0 Å². The molecule has 3 aromatic carbocycles. The maximum Gasteiger partial charge on any atom is 0.0659 e. The number of benzene rings is 3. The topological polar surface area (TPSA) is 24.7 Å². The highest BCUT2D eigenvalue weighted by Crippen LogP contribution is 2.20. The molecule has 0 fully saturated rings. The van der Waals surface area contributed by atoms with Crippen LogP contribution in [0.4, 0.5) is 11.4 Å². The van der Waals surface area contributed by atoms with Gasteiger partial charge in [-0.1, -0.05) is 59.7 Å². The van der Waals surface area contributed by atoms with Gasteiger partial charge in [-0.3, -0.25) is 9.98 Å². The predicted molar refractivity (Wildman–Crippen MR) is 113 cm³/mol. The molecule has 0 unspecified atom stereocenters. The zero-order valence-electron chi connectivity index (χ0n) is 15.8. The minimum absolute atomic E-state index is 1.01. The van der Waals surface area contributed by atoms with Gasteiger partial charge in [0.1, 0.15) is 0 Å². The SMILES string of the molecule is Cc1ccc(N=Cc2ccc(C=Nc3ccc(C)cc3C)cc2)c(C)c1. The quantitative estimate of drug-likeness (QED) is 0.489. The number of aryl methyl sites for hydroxylation is 4. The van der Waals surface area contributed by atoms with Gasteiger partial charge in [-0.25, -0.2) is 0 Å². The van der Waals surface area contributed by atoms with Gasteiger partial charge in [-0.2, -0.15) is 0 Å². The molecule has 3 aromatic rings. The van der Waals surface area contributed by atoms with Gasteiger partial charge in [0.2, 0.25) is 0 Å². The van der Waals surface area contributed by atoms with Crippen LogP contribution in [0.25, 0.3) is 0 Å². The summed E-state index contributed by atoms with van der Waals surface area (Å²) in [6.07, 6.45) is 3.81. The second-order valence-corrected chi connectivity index (χ2v) is 6.76. The zero-order chi connectivity index (χ0) is 18.5. The number of hydrogen-bond donors (Lipinski definition) is 0. The van der Waals surface area contributed by atoms with Crippen LogP contribution in [-0.2, 0) is 0 Å². The van der Waals surface area contributed by atoms with Crippen molar-refractivity contribution < 1.29 is 0 Å². The third kappa shape index (κ3) is 4.54. The first-order valence-corrected chi connectivity index (χ1v) is 8.84. The van der Waals surface area contributed by atoms with Crippen molar-refractivity contribution in [3.8, 4) is 0 Å². The summed E-state index contributed by atoms with van der Waals surface area (Å²) in [5.74, 6) is 0. The number of hydrogen-bond acceptors (Lipinski definition) is 2. The van der Waals surface area contributed by atoms with E-state index in [2.05, 4.69) is 98.3 Å². The molecule has 0 heterocycles. The van der Waals surface area contributed by atoms with Crippen molar-refractivity contribution in [2.24, 2.45) is 9.98 Å². The summed E-state index contributed by atoms with van der Waals surface area (Å²) in [6.45, 7) is 8.37. The van der Waals surface area contributed by atoms with Gasteiger partial charge in [-0.05, 0) is 62.1 Å². The summed E-state index contributed by atoms with van der Waals surface area (Å²) in [4.78, 5) is 9.20. The van der Waals surface area contributed by atoms with Crippen LogP contribution in [0.5, 0.6) is 0 Å². The summed E-state index contributed by atoms with van der Waals surface area (Å²) < 4.78 is 0. The molecule has 0 saturated carbocycles. The highest BCUT2D eigenvalue weighted by Gasteiger charge is 1.97. The molecule has 3 rings (SSSR count). The molecule has 0 spiro atoms. The highest BCUT2D eigenvalue weighted by molar-refractivity contribution is 5.86. The van der Waals surface area contributed by atoms with Crippen LogP contribution >= 0.6 is 0 Å². The normalized spacial score (nSPS) is 11.5. The monoisotopic (exact) mass is 340 g/mol. The Balaban J connectivity index is 1.72. The van der Waals surface area contributed by atoms with E-state index in [1.165, 1.54) is 22.3 Å². The first-order chi connectivity index (χ1) is 12.5. The molecule has 0 saturated heterocycles. The zero-order valence-corrected chi connectivity index (χ0v) is 15.8. The standard InChI is InChI=1S/C24H24N2/c1-17-5-11-23(19(3)13-17)25-15-21-7-9-22(10-8-21)16-26-24-12-6-18(2)14-20(24)4/h5-16H,1-4H3. The highest BCUT2D eigenvalue weighted by atomic mass is 14.7. The van der Waals surface area contributed by atoms with E-state index in [4.69, 9.17) is 0 Å². The lowest BCUT2D eigenvalue weighted by atomic mass is 10.1. The molecule has 2 nitrogen and oxygen atoms in total. The van der Waals surface area contributed by atoms with Gasteiger partial charge >= 0.3 is 0 Å². The molecular weight excluding hydrogens is 316 g/mol. The molecule has 0 amide bonds. The Morgan fingerprint density at radius 2 is 0.923 bits per heavy atom. The first kappa shape index (κ1) is 17.8. The molecule has 0 atom stereocenters. The van der Waals surface area contributed by atoms with Gasteiger partial charge in [0.25, 0.3) is 0 Å². The molecule has 0 aliphatic rings. The molecule has 0 aliphatic heterocycles. The molecule has 0 aliphatic carbocycles. The summed E-state index contributed by atoms with van der Waals surface area (Å²) in [5.41, 5.74) is 9.08. The van der Waals surface area contributed by atoms with E-state index < -0.39 is 0 Å². The van der Waals surface area contributed by atoms with Crippen molar-refractivity contribution in [1.82, 2.24) is 0 Å². The van der Waals surface area contributed by atoms with Gasteiger partial charge in [0.05, 0.1) is 11.4 Å². The van der Waals surface area contributed by atoms with Gasteiger partial charge in [0.15, 0.2) is 0 Å². The van der Waals surface area contributed by atoms with E-state index in [9.17, 15) is 0 Å². The minimum atomic E-state index is 1.01. The van der Waals surface area contributed by atoms with Crippen molar-refractivity contribution in [3.63, 3.8) is 0 Å². The Morgan fingerprint density at radius 1 is 0.538 bits per heavy atom. The second-order valence-electron chi connectivity index (χ2n) is 6.76. The number of nitrogens with zero attached hydrogens (tertiary/aromatic N) is 2. The number of rotatable bonds is 4. The van der Waals surface area contributed by atoms with Gasteiger partial charge in [0, 0.05) is 12.4 Å². The summed E-state index contributed by atoms with van der Waals surface area (Å²) in [6, 6.07) is 20.9. The minimum Gasteiger partial charge on any atom is -0.256 e. The molecule has 130 valence electrons. The van der Waals surface area contributed by atoms with Crippen molar-refractivity contribution in [2.75, 3.05) is 0 Å². The van der Waals surface area contributed by atoms with Crippen molar-refractivity contribution in [2.45, 2.75) is 27.7 Å². The van der Waals surface area contributed by atoms with Crippen LogP contribution < -0.4 is 0 Å². The Hall–Kier alpha value is -3.00. The second kappa shape index (κ2) is 7.92. The van der Waals surface area contributed by atoms with Crippen molar-refractivity contribution >= 4 is 23.8 Å². The lowest BCUT2D eigenvalue weighted by Gasteiger charge is -2.02. The van der Waals surface area contributed by atoms with Crippen molar-refractivity contribution in [1.29, 1.82) is 0 Å². The van der Waals surface area contributed by atoms with E-state index in [1.54, 1.807) is 0 Å². The van der Waals surface area contributed by atoms with Crippen LogP contribution in [-0.4, -0.2) is 12.4 Å². The molecule has 0 N–H and O–H groups in total. The van der Waals surface area contributed by atoms with Gasteiger partial charge < -0.3 is 0 Å². The van der Waals surface area contributed by atoms with E-state index in [0.717, 1.165) is 22.5 Å². The largest absolute Gasteiger partial charge is 0.256 e. The molecule has 2 heteroatoms. The molecule has 26 heavy (non-hydrogen) atoms. The Kier molecular flexibility index (Phi) is 5.43.